The number of nitrogens with one attached hydrogen (secondary N) is 2. The van der Waals surface area contributed by atoms with Crippen molar-refractivity contribution in [1.29, 1.82) is 0 Å². The average Bonchev–Trinajstić information content (AvgIpc) is 2.52. The van der Waals surface area contributed by atoms with E-state index in [0.717, 1.165) is 22.7 Å². The van der Waals surface area contributed by atoms with Crippen molar-refractivity contribution in [2.75, 3.05) is 17.7 Å². The first-order valence-electron chi connectivity index (χ1n) is 7.33. The number of para-hydroxylation sites is 1. The minimum Gasteiger partial charge on any atom is -0.497 e. The summed E-state index contributed by atoms with van der Waals surface area (Å²) in [5.74, 6) is 0.808. The second-order valence-electron chi connectivity index (χ2n) is 6.07. The van der Waals surface area contributed by atoms with Gasteiger partial charge in [0.25, 0.3) is 0 Å². The summed E-state index contributed by atoms with van der Waals surface area (Å²) in [6.45, 7) is 3.91. The molecule has 0 fully saturated rings. The van der Waals surface area contributed by atoms with Crippen LogP contribution in [-0.2, 0) is 4.79 Å². The molecule has 0 aromatic heterocycles. The lowest BCUT2D eigenvalue weighted by Gasteiger charge is -2.39. The molecule has 22 heavy (non-hydrogen) atoms. The Hall–Kier alpha value is -2.49. The molecule has 1 unspecified atom stereocenters. The minimum atomic E-state index is -0.558. The van der Waals surface area contributed by atoms with Crippen LogP contribution < -0.4 is 15.4 Å². The molecule has 0 radical (unpaired) electrons. The Labute approximate surface area is 130 Å². The van der Waals surface area contributed by atoms with Gasteiger partial charge in [-0.25, -0.2) is 0 Å². The zero-order chi connectivity index (χ0) is 15.7. The number of amides is 1. The van der Waals surface area contributed by atoms with Crippen LogP contribution in [0.4, 0.5) is 11.4 Å². The highest BCUT2D eigenvalue weighted by molar-refractivity contribution is 5.99. The normalized spacial score (nSPS) is 19.0. The fourth-order valence-corrected chi connectivity index (χ4v) is 2.80. The van der Waals surface area contributed by atoms with Gasteiger partial charge in [0.2, 0.25) is 5.91 Å². The standard InChI is InChI=1S/C18H20N2O2/c1-18(2)16(19-12-7-6-8-13(11-12)22-3)14-9-4-5-10-15(14)20-17(18)21/h4-11,16,19H,1-3H3,(H,20,21). The Kier molecular flexibility index (Phi) is 3.53. The number of fused-ring (bicyclic) bond motifs is 1. The molecule has 1 aliphatic heterocycles. The molecule has 2 aromatic carbocycles. The second-order valence-corrected chi connectivity index (χ2v) is 6.07. The molecule has 0 saturated carbocycles. The molecule has 2 aromatic rings. The van der Waals surface area contributed by atoms with Gasteiger partial charge in [-0.3, -0.25) is 4.79 Å². The van der Waals surface area contributed by atoms with Gasteiger partial charge in [0.15, 0.2) is 0 Å². The quantitative estimate of drug-likeness (QED) is 0.905. The monoisotopic (exact) mass is 296 g/mol. The van der Waals surface area contributed by atoms with Gasteiger partial charge in [0.05, 0.1) is 18.6 Å². The van der Waals surface area contributed by atoms with E-state index in [2.05, 4.69) is 10.6 Å². The first kappa shape index (κ1) is 14.4. The van der Waals surface area contributed by atoms with Crippen LogP contribution in [0.2, 0.25) is 0 Å². The molecule has 1 amide bonds. The van der Waals surface area contributed by atoms with Crippen LogP contribution in [-0.4, -0.2) is 13.0 Å². The molecule has 4 heteroatoms. The van der Waals surface area contributed by atoms with Gasteiger partial charge in [-0.1, -0.05) is 24.3 Å². The van der Waals surface area contributed by atoms with Crippen molar-refractivity contribution in [1.82, 2.24) is 0 Å². The van der Waals surface area contributed by atoms with E-state index in [1.807, 2.05) is 62.4 Å². The summed E-state index contributed by atoms with van der Waals surface area (Å²) in [5, 5.41) is 6.48. The van der Waals surface area contributed by atoms with Crippen molar-refractivity contribution in [2.24, 2.45) is 5.41 Å². The third kappa shape index (κ3) is 2.41. The Morgan fingerprint density at radius 3 is 2.68 bits per heavy atom. The van der Waals surface area contributed by atoms with Gasteiger partial charge in [-0.05, 0) is 37.6 Å². The third-order valence-electron chi connectivity index (χ3n) is 4.21. The number of carbonyl (C=O) groups excluding carboxylic acids is 1. The predicted molar refractivity (Wildman–Crippen MR) is 88.2 cm³/mol. The summed E-state index contributed by atoms with van der Waals surface area (Å²) in [6, 6.07) is 15.5. The third-order valence-corrected chi connectivity index (χ3v) is 4.21. The van der Waals surface area contributed by atoms with Gasteiger partial charge in [0, 0.05) is 17.4 Å². The Morgan fingerprint density at radius 2 is 1.91 bits per heavy atom. The Balaban J connectivity index is 2.01. The summed E-state index contributed by atoms with van der Waals surface area (Å²) in [4.78, 5) is 12.4. The van der Waals surface area contributed by atoms with E-state index in [0.29, 0.717) is 0 Å². The minimum absolute atomic E-state index is 0.0200. The number of ether oxygens (including phenoxy) is 1. The zero-order valence-corrected chi connectivity index (χ0v) is 13.0. The fourth-order valence-electron chi connectivity index (χ4n) is 2.80. The molecule has 1 aliphatic rings. The van der Waals surface area contributed by atoms with E-state index in [-0.39, 0.29) is 11.9 Å². The SMILES string of the molecule is COc1cccc(NC2c3ccccc3NC(=O)C2(C)C)c1. The summed E-state index contributed by atoms with van der Waals surface area (Å²) in [5.41, 5.74) is 2.33. The largest absolute Gasteiger partial charge is 0.497 e. The summed E-state index contributed by atoms with van der Waals surface area (Å²) in [6.07, 6.45) is 0. The number of rotatable bonds is 3. The first-order chi connectivity index (χ1) is 10.5. The average molecular weight is 296 g/mol. The summed E-state index contributed by atoms with van der Waals surface area (Å²) < 4.78 is 5.27. The van der Waals surface area contributed by atoms with Crippen LogP contribution in [0.15, 0.2) is 48.5 Å². The lowest BCUT2D eigenvalue weighted by molar-refractivity contribution is -0.125. The molecular weight excluding hydrogens is 276 g/mol. The highest BCUT2D eigenvalue weighted by Crippen LogP contribution is 2.44. The van der Waals surface area contributed by atoms with Gasteiger partial charge < -0.3 is 15.4 Å². The maximum absolute atomic E-state index is 12.4. The molecular formula is C18H20N2O2. The number of hydrogen-bond donors (Lipinski definition) is 2. The summed E-state index contributed by atoms with van der Waals surface area (Å²) >= 11 is 0. The highest BCUT2D eigenvalue weighted by atomic mass is 16.5. The van der Waals surface area contributed by atoms with Crippen molar-refractivity contribution < 1.29 is 9.53 Å². The van der Waals surface area contributed by atoms with Crippen LogP contribution in [0.3, 0.4) is 0 Å². The lowest BCUT2D eigenvalue weighted by Crippen LogP contribution is -2.43. The van der Waals surface area contributed by atoms with Crippen LogP contribution in [0.25, 0.3) is 0 Å². The number of methoxy groups -OCH3 is 1. The molecule has 1 atom stereocenters. The molecule has 2 N–H and O–H groups in total. The number of benzene rings is 2. The van der Waals surface area contributed by atoms with Crippen molar-refractivity contribution in [3.05, 3.63) is 54.1 Å². The van der Waals surface area contributed by atoms with Crippen molar-refractivity contribution in [3.8, 4) is 5.75 Å². The zero-order valence-electron chi connectivity index (χ0n) is 13.0. The topological polar surface area (TPSA) is 50.4 Å². The molecule has 0 bridgehead atoms. The molecule has 114 valence electrons. The van der Waals surface area contributed by atoms with Crippen LogP contribution >= 0.6 is 0 Å². The molecule has 1 heterocycles. The molecule has 0 spiro atoms. The molecule has 3 rings (SSSR count). The Bertz CT molecular complexity index is 710. The van der Waals surface area contributed by atoms with Gasteiger partial charge in [-0.2, -0.15) is 0 Å². The first-order valence-corrected chi connectivity index (χ1v) is 7.33. The van der Waals surface area contributed by atoms with Crippen molar-refractivity contribution in [3.63, 3.8) is 0 Å². The van der Waals surface area contributed by atoms with E-state index < -0.39 is 5.41 Å². The van der Waals surface area contributed by atoms with E-state index in [9.17, 15) is 4.79 Å². The van der Waals surface area contributed by atoms with E-state index in [1.54, 1.807) is 7.11 Å². The lowest BCUT2D eigenvalue weighted by atomic mass is 9.76. The van der Waals surface area contributed by atoms with Gasteiger partial charge in [-0.15, -0.1) is 0 Å². The molecule has 0 saturated heterocycles. The highest BCUT2D eigenvalue weighted by Gasteiger charge is 2.42. The smallest absolute Gasteiger partial charge is 0.232 e. The Morgan fingerprint density at radius 1 is 1.14 bits per heavy atom. The maximum atomic E-state index is 12.4. The number of carbonyl (C=O) groups is 1. The second kappa shape index (κ2) is 5.37. The molecule has 0 aliphatic carbocycles. The van der Waals surface area contributed by atoms with E-state index >= 15 is 0 Å². The number of anilines is 2. The number of hydrogen-bond acceptors (Lipinski definition) is 3. The van der Waals surface area contributed by atoms with Crippen molar-refractivity contribution in [2.45, 2.75) is 19.9 Å². The van der Waals surface area contributed by atoms with E-state index in [4.69, 9.17) is 4.74 Å². The van der Waals surface area contributed by atoms with E-state index in [1.165, 1.54) is 0 Å². The van der Waals surface area contributed by atoms with Gasteiger partial charge in [0.1, 0.15) is 5.75 Å². The van der Waals surface area contributed by atoms with Crippen LogP contribution in [0.5, 0.6) is 5.75 Å². The molecule has 4 nitrogen and oxygen atoms in total. The van der Waals surface area contributed by atoms with Crippen LogP contribution in [0, 0.1) is 5.41 Å². The fraction of sp³-hybridized carbons (Fsp3) is 0.278. The van der Waals surface area contributed by atoms with Crippen LogP contribution in [0.1, 0.15) is 25.5 Å². The predicted octanol–water partition coefficient (Wildman–Crippen LogP) is 3.83. The van der Waals surface area contributed by atoms with Gasteiger partial charge >= 0.3 is 0 Å². The summed E-state index contributed by atoms with van der Waals surface area (Å²) in [7, 11) is 1.65. The maximum Gasteiger partial charge on any atom is 0.232 e. The van der Waals surface area contributed by atoms with Crippen molar-refractivity contribution >= 4 is 17.3 Å².